The van der Waals surface area contributed by atoms with Gasteiger partial charge in [-0.3, -0.25) is 4.68 Å². The molecule has 0 fully saturated rings. The molecule has 94 valence electrons. The third-order valence-corrected chi connectivity index (χ3v) is 3.08. The second kappa shape index (κ2) is 4.74. The van der Waals surface area contributed by atoms with Crippen molar-refractivity contribution < 1.29 is 0 Å². The molecule has 19 heavy (non-hydrogen) atoms. The predicted molar refractivity (Wildman–Crippen MR) is 75.0 cm³/mol. The number of hydrogen-bond acceptors (Lipinski definition) is 4. The van der Waals surface area contributed by atoms with Crippen LogP contribution in [0.3, 0.4) is 0 Å². The topological polar surface area (TPSA) is 60.0 Å². The molecule has 0 radical (unpaired) electrons. The lowest BCUT2D eigenvalue weighted by Crippen LogP contribution is -1.95. The summed E-state index contributed by atoms with van der Waals surface area (Å²) in [5.74, 6) is 3.03. The van der Waals surface area contributed by atoms with Crippen molar-refractivity contribution in [1.29, 1.82) is 0 Å². The van der Waals surface area contributed by atoms with Gasteiger partial charge in [0.25, 0.3) is 0 Å². The monoisotopic (exact) mass is 316 g/mol. The maximum Gasteiger partial charge on any atom is 0.247 e. The highest BCUT2D eigenvalue weighted by Gasteiger charge is 2.07. The molecule has 0 aliphatic rings. The van der Waals surface area contributed by atoms with Crippen molar-refractivity contribution in [3.05, 3.63) is 35.2 Å². The summed E-state index contributed by atoms with van der Waals surface area (Å²) in [4.78, 5) is 4.38. The molecular formula is C12H9BrN6. The molecule has 1 N–H and O–H groups in total. The van der Waals surface area contributed by atoms with Crippen LogP contribution >= 0.6 is 15.9 Å². The van der Waals surface area contributed by atoms with Crippen molar-refractivity contribution in [2.24, 2.45) is 0 Å². The van der Waals surface area contributed by atoms with Crippen LogP contribution in [-0.2, 0) is 6.54 Å². The van der Waals surface area contributed by atoms with Crippen molar-refractivity contribution in [2.75, 3.05) is 5.32 Å². The first-order valence-corrected chi connectivity index (χ1v) is 6.29. The fourth-order valence-electron chi connectivity index (χ4n) is 1.66. The predicted octanol–water partition coefficient (Wildman–Crippen LogP) is 2.07. The SMILES string of the molecule is C#CCn1cc(Nc2nc3c(Br)cccn3n2)cn1. The Morgan fingerprint density at radius 1 is 1.47 bits per heavy atom. The maximum atomic E-state index is 5.23. The molecule has 3 heterocycles. The normalized spacial score (nSPS) is 10.5. The molecule has 0 aliphatic carbocycles. The van der Waals surface area contributed by atoms with E-state index in [9.17, 15) is 0 Å². The first-order valence-electron chi connectivity index (χ1n) is 5.50. The zero-order valence-corrected chi connectivity index (χ0v) is 11.4. The lowest BCUT2D eigenvalue weighted by molar-refractivity contribution is 0.716. The van der Waals surface area contributed by atoms with Crippen molar-refractivity contribution in [3.63, 3.8) is 0 Å². The first kappa shape index (κ1) is 11.7. The molecule has 3 aromatic rings. The minimum Gasteiger partial charge on any atom is -0.320 e. The minimum atomic E-state index is 0.436. The molecule has 6 nitrogen and oxygen atoms in total. The highest BCUT2D eigenvalue weighted by Crippen LogP contribution is 2.18. The molecule has 0 amide bonds. The van der Waals surface area contributed by atoms with Crippen molar-refractivity contribution in [3.8, 4) is 12.3 Å². The summed E-state index contributed by atoms with van der Waals surface area (Å²) in [6.45, 7) is 0.436. The van der Waals surface area contributed by atoms with Gasteiger partial charge in [-0.05, 0) is 28.1 Å². The summed E-state index contributed by atoms with van der Waals surface area (Å²) in [6, 6.07) is 3.80. The van der Waals surface area contributed by atoms with Gasteiger partial charge in [0.15, 0.2) is 5.65 Å². The summed E-state index contributed by atoms with van der Waals surface area (Å²) >= 11 is 3.43. The third-order valence-electron chi connectivity index (χ3n) is 2.46. The van der Waals surface area contributed by atoms with Crippen molar-refractivity contribution in [1.82, 2.24) is 24.4 Å². The molecule has 0 bridgehead atoms. The highest BCUT2D eigenvalue weighted by molar-refractivity contribution is 9.10. The highest BCUT2D eigenvalue weighted by atomic mass is 79.9. The van der Waals surface area contributed by atoms with Crippen LogP contribution in [0, 0.1) is 12.3 Å². The molecule has 0 aromatic carbocycles. The van der Waals surface area contributed by atoms with E-state index in [2.05, 4.69) is 42.3 Å². The third kappa shape index (κ3) is 2.30. The quantitative estimate of drug-likeness (QED) is 0.751. The van der Waals surface area contributed by atoms with Crippen LogP contribution in [0.15, 0.2) is 35.2 Å². The molecule has 0 saturated heterocycles. The number of nitrogens with zero attached hydrogens (tertiary/aromatic N) is 5. The van der Waals surface area contributed by atoms with E-state index in [-0.39, 0.29) is 0 Å². The second-order valence-corrected chi connectivity index (χ2v) is 4.67. The Balaban J connectivity index is 1.88. The van der Waals surface area contributed by atoms with Gasteiger partial charge in [0.05, 0.1) is 16.4 Å². The van der Waals surface area contributed by atoms with Crippen LogP contribution < -0.4 is 5.32 Å². The smallest absolute Gasteiger partial charge is 0.247 e. The van der Waals surface area contributed by atoms with E-state index in [1.165, 1.54) is 0 Å². The Labute approximate surface area is 117 Å². The largest absolute Gasteiger partial charge is 0.320 e. The fourth-order valence-corrected chi connectivity index (χ4v) is 2.09. The fraction of sp³-hybridized carbons (Fsp3) is 0.0833. The second-order valence-electron chi connectivity index (χ2n) is 3.82. The summed E-state index contributed by atoms with van der Waals surface area (Å²) in [5.41, 5.74) is 1.54. The van der Waals surface area contributed by atoms with E-state index in [4.69, 9.17) is 6.42 Å². The van der Waals surface area contributed by atoms with Crippen LogP contribution in [0.4, 0.5) is 11.6 Å². The average Bonchev–Trinajstić information content (AvgIpc) is 2.98. The zero-order valence-electron chi connectivity index (χ0n) is 9.79. The van der Waals surface area contributed by atoms with E-state index in [0.29, 0.717) is 12.5 Å². The number of rotatable bonds is 3. The standard InChI is InChI=1S/C12H9BrN6/c1-2-5-18-8-9(7-14-18)15-12-16-11-10(13)4-3-6-19(11)17-12/h1,3-4,6-8H,5H2,(H,15,17). The van der Waals surface area contributed by atoms with Crippen LogP contribution in [-0.4, -0.2) is 24.4 Å². The Morgan fingerprint density at radius 2 is 2.37 bits per heavy atom. The molecule has 0 atom stereocenters. The van der Waals surface area contributed by atoms with Gasteiger partial charge in [-0.15, -0.1) is 11.5 Å². The molecule has 0 aliphatic heterocycles. The van der Waals surface area contributed by atoms with E-state index >= 15 is 0 Å². The van der Waals surface area contributed by atoms with Gasteiger partial charge < -0.3 is 5.32 Å². The molecule has 3 rings (SSSR count). The number of nitrogens with one attached hydrogen (secondary N) is 1. The van der Waals surface area contributed by atoms with Crippen molar-refractivity contribution in [2.45, 2.75) is 6.54 Å². The van der Waals surface area contributed by atoms with Crippen LogP contribution in [0.2, 0.25) is 0 Å². The number of terminal acetylenes is 1. The molecule has 7 heteroatoms. The summed E-state index contributed by atoms with van der Waals surface area (Å²) < 4.78 is 4.24. The Morgan fingerprint density at radius 3 is 3.16 bits per heavy atom. The Hall–Kier alpha value is -2.33. The van der Waals surface area contributed by atoms with Gasteiger partial charge in [-0.2, -0.15) is 10.1 Å². The number of halogens is 1. The first-order chi connectivity index (χ1) is 9.26. The Kier molecular flexibility index (Phi) is 2.93. The van der Waals surface area contributed by atoms with E-state index < -0.39 is 0 Å². The zero-order chi connectivity index (χ0) is 13.2. The van der Waals surface area contributed by atoms with E-state index in [0.717, 1.165) is 15.8 Å². The van der Waals surface area contributed by atoms with Gasteiger partial charge >= 0.3 is 0 Å². The molecule has 3 aromatic heterocycles. The van der Waals surface area contributed by atoms with Gasteiger partial charge in [-0.1, -0.05) is 5.92 Å². The number of anilines is 2. The minimum absolute atomic E-state index is 0.436. The van der Waals surface area contributed by atoms with Gasteiger partial charge in [-0.25, -0.2) is 4.52 Å². The summed E-state index contributed by atoms with van der Waals surface area (Å²) in [5, 5.41) is 11.5. The molecular weight excluding hydrogens is 308 g/mol. The van der Waals surface area contributed by atoms with Crippen LogP contribution in [0.25, 0.3) is 5.65 Å². The lowest BCUT2D eigenvalue weighted by atomic mass is 10.5. The Bertz CT molecular complexity index is 766. The number of aromatic nitrogens is 5. The van der Waals surface area contributed by atoms with Gasteiger partial charge in [0.1, 0.15) is 6.54 Å². The summed E-state index contributed by atoms with van der Waals surface area (Å²) in [6.07, 6.45) is 10.5. The van der Waals surface area contributed by atoms with Gasteiger partial charge in [0.2, 0.25) is 5.95 Å². The van der Waals surface area contributed by atoms with Crippen LogP contribution in [0.5, 0.6) is 0 Å². The van der Waals surface area contributed by atoms with Crippen LogP contribution in [0.1, 0.15) is 0 Å². The van der Waals surface area contributed by atoms with E-state index in [1.54, 1.807) is 21.6 Å². The average molecular weight is 317 g/mol. The number of fused-ring (bicyclic) bond motifs is 1. The van der Waals surface area contributed by atoms with E-state index in [1.807, 2.05) is 18.3 Å². The van der Waals surface area contributed by atoms with Gasteiger partial charge in [0, 0.05) is 12.4 Å². The molecule has 0 saturated carbocycles. The van der Waals surface area contributed by atoms with Crippen molar-refractivity contribution >= 4 is 33.2 Å². The summed E-state index contributed by atoms with van der Waals surface area (Å²) in [7, 11) is 0. The maximum absolute atomic E-state index is 5.23. The molecule has 0 unspecified atom stereocenters. The lowest BCUT2D eigenvalue weighted by Gasteiger charge is -1.94. The number of pyridine rings is 1. The molecule has 0 spiro atoms. The number of hydrogen-bond donors (Lipinski definition) is 1.